The predicted octanol–water partition coefficient (Wildman–Crippen LogP) is 2.43. The number of anilines is 1. The number of imidazole rings is 1. The van der Waals surface area contributed by atoms with Gasteiger partial charge in [-0.15, -0.1) is 10.2 Å². The van der Waals surface area contributed by atoms with Gasteiger partial charge in [0.2, 0.25) is 5.95 Å². The largest absolute Gasteiger partial charge is 0.348 e. The summed E-state index contributed by atoms with van der Waals surface area (Å²) in [6.45, 7) is 4.82. The molecule has 0 bridgehead atoms. The number of para-hydroxylation sites is 2. The van der Waals surface area contributed by atoms with E-state index in [1.165, 1.54) is 0 Å². The van der Waals surface area contributed by atoms with Crippen LogP contribution in [0, 0.1) is 0 Å². The van der Waals surface area contributed by atoms with E-state index in [2.05, 4.69) is 39.3 Å². The van der Waals surface area contributed by atoms with Crippen molar-refractivity contribution >= 4 is 17.0 Å². The van der Waals surface area contributed by atoms with Gasteiger partial charge in [-0.2, -0.15) is 0 Å². The van der Waals surface area contributed by atoms with Crippen molar-refractivity contribution in [1.82, 2.24) is 24.7 Å². The molecule has 0 fully saturated rings. The molecule has 0 amide bonds. The molecule has 2 N–H and O–H groups in total. The van der Waals surface area contributed by atoms with E-state index in [-0.39, 0.29) is 0 Å². The van der Waals surface area contributed by atoms with Crippen LogP contribution < -0.4 is 5.32 Å². The lowest BCUT2D eigenvalue weighted by Gasteiger charge is -2.06. The molecule has 3 rings (SSSR count). The SMILES string of the molecule is CC(C)c1nnc(CNc2nc3ccccc3[nH]2)n1C. The van der Waals surface area contributed by atoms with Crippen LogP contribution in [0.25, 0.3) is 11.0 Å². The Kier molecular flexibility index (Phi) is 3.14. The van der Waals surface area contributed by atoms with E-state index in [1.807, 2.05) is 35.9 Å². The molecule has 0 aliphatic rings. The molecule has 6 nitrogen and oxygen atoms in total. The maximum atomic E-state index is 4.48. The highest BCUT2D eigenvalue weighted by Gasteiger charge is 2.11. The van der Waals surface area contributed by atoms with Gasteiger partial charge in [-0.1, -0.05) is 26.0 Å². The van der Waals surface area contributed by atoms with Crippen molar-refractivity contribution in [3.05, 3.63) is 35.9 Å². The number of nitrogens with one attached hydrogen (secondary N) is 2. The second kappa shape index (κ2) is 4.96. The van der Waals surface area contributed by atoms with E-state index < -0.39 is 0 Å². The summed E-state index contributed by atoms with van der Waals surface area (Å²) in [4.78, 5) is 7.71. The smallest absolute Gasteiger partial charge is 0.201 e. The standard InChI is InChI=1S/C14H18N6/c1-9(2)13-19-18-12(20(13)3)8-15-14-16-10-6-4-5-7-11(10)17-14/h4-7,9H,8H2,1-3H3,(H2,15,16,17). The van der Waals surface area contributed by atoms with Crippen LogP contribution in [0.4, 0.5) is 5.95 Å². The van der Waals surface area contributed by atoms with Crippen molar-refractivity contribution in [2.45, 2.75) is 26.3 Å². The van der Waals surface area contributed by atoms with Gasteiger partial charge in [0.15, 0.2) is 5.82 Å². The molecule has 0 atom stereocenters. The molecule has 20 heavy (non-hydrogen) atoms. The molecule has 0 radical (unpaired) electrons. The van der Waals surface area contributed by atoms with Gasteiger partial charge in [0, 0.05) is 13.0 Å². The number of H-pyrrole nitrogens is 1. The molecule has 0 saturated carbocycles. The lowest BCUT2D eigenvalue weighted by molar-refractivity contribution is 0.692. The fourth-order valence-electron chi connectivity index (χ4n) is 2.23. The van der Waals surface area contributed by atoms with Crippen LogP contribution in [0.3, 0.4) is 0 Å². The third-order valence-corrected chi connectivity index (χ3v) is 3.32. The van der Waals surface area contributed by atoms with Crippen molar-refractivity contribution in [2.75, 3.05) is 5.32 Å². The van der Waals surface area contributed by atoms with Crippen LogP contribution in [0.2, 0.25) is 0 Å². The van der Waals surface area contributed by atoms with Crippen LogP contribution in [0.5, 0.6) is 0 Å². The zero-order valence-electron chi connectivity index (χ0n) is 11.9. The maximum Gasteiger partial charge on any atom is 0.201 e. The number of aromatic nitrogens is 5. The number of nitrogens with zero attached hydrogens (tertiary/aromatic N) is 4. The Morgan fingerprint density at radius 2 is 2.05 bits per heavy atom. The molecule has 6 heteroatoms. The van der Waals surface area contributed by atoms with Crippen molar-refractivity contribution in [2.24, 2.45) is 7.05 Å². The predicted molar refractivity (Wildman–Crippen MR) is 78.5 cm³/mol. The minimum atomic E-state index is 0.368. The fraction of sp³-hybridized carbons (Fsp3) is 0.357. The summed E-state index contributed by atoms with van der Waals surface area (Å²) in [6.07, 6.45) is 0. The van der Waals surface area contributed by atoms with E-state index in [1.54, 1.807) is 0 Å². The summed E-state index contributed by atoms with van der Waals surface area (Å²) < 4.78 is 2.03. The molecule has 2 aromatic heterocycles. The van der Waals surface area contributed by atoms with Crippen molar-refractivity contribution < 1.29 is 0 Å². The maximum absolute atomic E-state index is 4.48. The Morgan fingerprint density at radius 3 is 2.75 bits per heavy atom. The molecular formula is C14H18N6. The average Bonchev–Trinajstić information content (AvgIpc) is 2.99. The van der Waals surface area contributed by atoms with Crippen LogP contribution in [-0.4, -0.2) is 24.7 Å². The highest BCUT2D eigenvalue weighted by molar-refractivity contribution is 5.77. The first-order valence-corrected chi connectivity index (χ1v) is 6.72. The molecule has 2 heterocycles. The molecule has 0 spiro atoms. The van der Waals surface area contributed by atoms with Crippen molar-refractivity contribution in [1.29, 1.82) is 0 Å². The van der Waals surface area contributed by atoms with Crippen LogP contribution in [0.15, 0.2) is 24.3 Å². The summed E-state index contributed by atoms with van der Waals surface area (Å²) in [5, 5.41) is 11.7. The molecular weight excluding hydrogens is 252 g/mol. The Balaban J connectivity index is 1.76. The first-order valence-electron chi connectivity index (χ1n) is 6.72. The summed E-state index contributed by atoms with van der Waals surface area (Å²) in [5.41, 5.74) is 1.98. The summed E-state index contributed by atoms with van der Waals surface area (Å²) in [6, 6.07) is 7.95. The van der Waals surface area contributed by atoms with E-state index in [0.717, 1.165) is 28.6 Å². The third-order valence-electron chi connectivity index (χ3n) is 3.32. The monoisotopic (exact) mass is 270 g/mol. The lowest BCUT2D eigenvalue weighted by Crippen LogP contribution is -2.09. The number of rotatable bonds is 4. The normalized spacial score (nSPS) is 11.4. The van der Waals surface area contributed by atoms with E-state index in [9.17, 15) is 0 Å². The first kappa shape index (κ1) is 12.7. The minimum Gasteiger partial charge on any atom is -0.348 e. The average molecular weight is 270 g/mol. The minimum absolute atomic E-state index is 0.368. The molecule has 0 saturated heterocycles. The van der Waals surface area contributed by atoms with Crippen LogP contribution in [-0.2, 0) is 13.6 Å². The Labute approximate surface area is 117 Å². The third kappa shape index (κ3) is 2.24. The lowest BCUT2D eigenvalue weighted by atomic mass is 10.2. The Hall–Kier alpha value is -2.37. The Morgan fingerprint density at radius 1 is 1.25 bits per heavy atom. The molecule has 3 aromatic rings. The van der Waals surface area contributed by atoms with Crippen molar-refractivity contribution in [3.8, 4) is 0 Å². The first-order chi connectivity index (χ1) is 9.65. The van der Waals surface area contributed by atoms with Crippen molar-refractivity contribution in [3.63, 3.8) is 0 Å². The number of benzene rings is 1. The molecule has 1 aromatic carbocycles. The number of hydrogen-bond acceptors (Lipinski definition) is 4. The highest BCUT2D eigenvalue weighted by atomic mass is 15.3. The zero-order valence-corrected chi connectivity index (χ0v) is 11.9. The quantitative estimate of drug-likeness (QED) is 0.763. The Bertz CT molecular complexity index is 691. The van der Waals surface area contributed by atoms with Gasteiger partial charge in [-0.05, 0) is 12.1 Å². The fourth-order valence-corrected chi connectivity index (χ4v) is 2.23. The molecule has 0 aliphatic heterocycles. The summed E-state index contributed by atoms with van der Waals surface area (Å²) in [7, 11) is 1.99. The molecule has 104 valence electrons. The van der Waals surface area contributed by atoms with Gasteiger partial charge >= 0.3 is 0 Å². The highest BCUT2D eigenvalue weighted by Crippen LogP contribution is 2.15. The van der Waals surface area contributed by atoms with Crippen LogP contribution in [0.1, 0.15) is 31.4 Å². The van der Waals surface area contributed by atoms with Gasteiger partial charge in [0.25, 0.3) is 0 Å². The second-order valence-corrected chi connectivity index (χ2v) is 5.14. The van der Waals surface area contributed by atoms with E-state index in [4.69, 9.17) is 0 Å². The topological polar surface area (TPSA) is 71.4 Å². The van der Waals surface area contributed by atoms with Gasteiger partial charge < -0.3 is 14.9 Å². The van der Waals surface area contributed by atoms with Gasteiger partial charge in [-0.3, -0.25) is 0 Å². The van der Waals surface area contributed by atoms with Gasteiger partial charge in [0.05, 0.1) is 17.6 Å². The molecule has 0 unspecified atom stereocenters. The van der Waals surface area contributed by atoms with Crippen LogP contribution >= 0.6 is 0 Å². The summed E-state index contributed by atoms with van der Waals surface area (Å²) >= 11 is 0. The number of fused-ring (bicyclic) bond motifs is 1. The summed E-state index contributed by atoms with van der Waals surface area (Å²) in [5.74, 6) is 3.01. The molecule has 0 aliphatic carbocycles. The zero-order chi connectivity index (χ0) is 14.1. The second-order valence-electron chi connectivity index (χ2n) is 5.14. The van der Waals surface area contributed by atoms with Gasteiger partial charge in [-0.25, -0.2) is 4.98 Å². The number of hydrogen-bond donors (Lipinski definition) is 2. The van der Waals surface area contributed by atoms with Gasteiger partial charge in [0.1, 0.15) is 5.82 Å². The van der Waals surface area contributed by atoms with E-state index >= 15 is 0 Å². The number of aromatic amines is 1. The van der Waals surface area contributed by atoms with E-state index in [0.29, 0.717) is 12.5 Å².